The molecule has 0 spiro atoms. The molecule has 3 N–H and O–H groups in total. The molecule has 2 heterocycles. The summed E-state index contributed by atoms with van der Waals surface area (Å²) in [6.07, 6.45) is 3.67. The van der Waals surface area contributed by atoms with Crippen LogP contribution >= 0.6 is 0 Å². The van der Waals surface area contributed by atoms with Crippen LogP contribution in [0.25, 0.3) is 0 Å². The average Bonchev–Trinajstić information content (AvgIpc) is 3.26. The molecule has 26 heavy (non-hydrogen) atoms. The first-order chi connectivity index (χ1) is 12.6. The molecule has 0 radical (unpaired) electrons. The standard InChI is InChI=1S/C18H22N6O2/c1-4-24-10-9-19-15(24)11-20-17-16(12(2)22-23-17)18(25)21-13-7-5-6-8-14(13)26-3/h5-10H,4,11H2,1-3H3,(H,21,25)(H2,20,22,23). The summed E-state index contributed by atoms with van der Waals surface area (Å²) in [5.41, 5.74) is 1.75. The van der Waals surface area contributed by atoms with Gasteiger partial charge in [0.15, 0.2) is 5.82 Å². The number of aryl methyl sites for hydroxylation is 2. The second-order valence-corrected chi connectivity index (χ2v) is 5.71. The van der Waals surface area contributed by atoms with Gasteiger partial charge in [-0.25, -0.2) is 4.98 Å². The van der Waals surface area contributed by atoms with Gasteiger partial charge in [-0.3, -0.25) is 9.89 Å². The molecule has 1 aromatic carbocycles. The van der Waals surface area contributed by atoms with Crippen molar-refractivity contribution in [3.8, 4) is 5.75 Å². The third-order valence-electron chi connectivity index (χ3n) is 4.09. The van der Waals surface area contributed by atoms with Crippen LogP contribution in [0.5, 0.6) is 5.75 Å². The molecule has 0 aliphatic heterocycles. The summed E-state index contributed by atoms with van der Waals surface area (Å²) in [4.78, 5) is 17.1. The minimum Gasteiger partial charge on any atom is -0.495 e. The van der Waals surface area contributed by atoms with Crippen molar-refractivity contribution in [3.63, 3.8) is 0 Å². The maximum Gasteiger partial charge on any atom is 0.261 e. The summed E-state index contributed by atoms with van der Waals surface area (Å²) in [5, 5.41) is 13.1. The van der Waals surface area contributed by atoms with Gasteiger partial charge in [-0.1, -0.05) is 12.1 Å². The first kappa shape index (κ1) is 17.5. The summed E-state index contributed by atoms with van der Waals surface area (Å²) in [5.74, 6) is 1.70. The van der Waals surface area contributed by atoms with Gasteiger partial charge < -0.3 is 19.9 Å². The van der Waals surface area contributed by atoms with Crippen molar-refractivity contribution in [2.75, 3.05) is 17.7 Å². The molecule has 0 bridgehead atoms. The molecule has 0 saturated heterocycles. The number of imidazole rings is 1. The topological polar surface area (TPSA) is 96.9 Å². The van der Waals surface area contributed by atoms with Crippen molar-refractivity contribution in [3.05, 3.63) is 53.7 Å². The quantitative estimate of drug-likeness (QED) is 0.606. The highest BCUT2D eigenvalue weighted by Gasteiger charge is 2.19. The lowest BCUT2D eigenvalue weighted by molar-refractivity contribution is 0.102. The van der Waals surface area contributed by atoms with Crippen LogP contribution < -0.4 is 15.4 Å². The molecule has 136 valence electrons. The molecular formula is C18H22N6O2. The number of anilines is 2. The molecule has 8 heteroatoms. The second-order valence-electron chi connectivity index (χ2n) is 5.71. The summed E-state index contributed by atoms with van der Waals surface area (Å²) in [6, 6.07) is 7.27. The summed E-state index contributed by atoms with van der Waals surface area (Å²) < 4.78 is 7.31. The molecule has 0 aliphatic carbocycles. The van der Waals surface area contributed by atoms with Crippen LogP contribution in [0.3, 0.4) is 0 Å². The lowest BCUT2D eigenvalue weighted by Gasteiger charge is -2.11. The van der Waals surface area contributed by atoms with Crippen molar-refractivity contribution in [2.24, 2.45) is 0 Å². The zero-order valence-electron chi connectivity index (χ0n) is 15.0. The minimum absolute atomic E-state index is 0.262. The average molecular weight is 354 g/mol. The molecule has 2 aromatic heterocycles. The number of aromatic amines is 1. The Morgan fingerprint density at radius 1 is 1.35 bits per heavy atom. The number of amides is 1. The molecule has 0 aliphatic rings. The van der Waals surface area contributed by atoms with Crippen molar-refractivity contribution < 1.29 is 9.53 Å². The number of hydrogen-bond donors (Lipinski definition) is 3. The van der Waals surface area contributed by atoms with Gasteiger partial charge in [0.05, 0.1) is 19.3 Å². The highest BCUT2D eigenvalue weighted by Crippen LogP contribution is 2.25. The van der Waals surface area contributed by atoms with E-state index in [0.29, 0.717) is 35.1 Å². The Balaban J connectivity index is 1.78. The van der Waals surface area contributed by atoms with Gasteiger partial charge in [-0.2, -0.15) is 5.10 Å². The van der Waals surface area contributed by atoms with Crippen molar-refractivity contribution >= 4 is 17.4 Å². The minimum atomic E-state index is -0.262. The fourth-order valence-electron chi connectivity index (χ4n) is 2.73. The summed E-state index contributed by atoms with van der Waals surface area (Å²) in [6.45, 7) is 5.16. The number of nitrogens with zero attached hydrogens (tertiary/aromatic N) is 3. The molecule has 0 fully saturated rings. The number of hydrogen-bond acceptors (Lipinski definition) is 5. The van der Waals surface area contributed by atoms with Crippen LogP contribution in [0.1, 0.15) is 28.8 Å². The van der Waals surface area contributed by atoms with Gasteiger partial charge in [-0.15, -0.1) is 0 Å². The highest BCUT2D eigenvalue weighted by molar-refractivity contribution is 6.08. The number of H-pyrrole nitrogens is 1. The monoisotopic (exact) mass is 354 g/mol. The van der Waals surface area contributed by atoms with E-state index in [4.69, 9.17) is 4.74 Å². The van der Waals surface area contributed by atoms with Crippen molar-refractivity contribution in [1.29, 1.82) is 0 Å². The number of aromatic nitrogens is 4. The maximum atomic E-state index is 12.8. The largest absolute Gasteiger partial charge is 0.495 e. The van der Waals surface area contributed by atoms with Crippen molar-refractivity contribution in [1.82, 2.24) is 19.7 Å². The molecule has 0 atom stereocenters. The molecule has 8 nitrogen and oxygen atoms in total. The Morgan fingerprint density at radius 3 is 2.92 bits per heavy atom. The van der Waals surface area contributed by atoms with Crippen LogP contribution in [0.15, 0.2) is 36.7 Å². The van der Waals surface area contributed by atoms with E-state index in [1.165, 1.54) is 0 Å². The van der Waals surface area contributed by atoms with E-state index in [9.17, 15) is 4.79 Å². The third-order valence-corrected chi connectivity index (χ3v) is 4.09. The first-order valence-electron chi connectivity index (χ1n) is 8.37. The Hall–Kier alpha value is -3.29. The Bertz CT molecular complexity index is 899. The normalized spacial score (nSPS) is 10.6. The van der Waals surface area contributed by atoms with Crippen LogP contribution in [-0.4, -0.2) is 32.8 Å². The number of nitrogens with one attached hydrogen (secondary N) is 3. The first-order valence-corrected chi connectivity index (χ1v) is 8.37. The number of carbonyl (C=O) groups is 1. The molecule has 0 unspecified atom stereocenters. The van der Waals surface area contributed by atoms with Crippen LogP contribution in [0.2, 0.25) is 0 Å². The fraction of sp³-hybridized carbons (Fsp3) is 0.278. The Kier molecular flexibility index (Phi) is 5.21. The van der Waals surface area contributed by atoms with Gasteiger partial charge in [0.25, 0.3) is 5.91 Å². The van der Waals surface area contributed by atoms with E-state index < -0.39 is 0 Å². The number of ether oxygens (including phenoxy) is 1. The van der Waals surface area contributed by atoms with E-state index >= 15 is 0 Å². The third kappa shape index (κ3) is 3.53. The van der Waals surface area contributed by atoms with Gasteiger partial charge in [0.2, 0.25) is 0 Å². The van der Waals surface area contributed by atoms with Crippen molar-refractivity contribution in [2.45, 2.75) is 26.9 Å². The van der Waals surface area contributed by atoms with E-state index in [2.05, 4.69) is 32.7 Å². The Labute approximate surface area is 151 Å². The number of benzene rings is 1. The zero-order valence-corrected chi connectivity index (χ0v) is 15.0. The van der Waals surface area contributed by atoms with E-state index in [1.54, 1.807) is 25.4 Å². The summed E-state index contributed by atoms with van der Waals surface area (Å²) in [7, 11) is 1.57. The van der Waals surface area contributed by atoms with E-state index in [0.717, 1.165) is 12.4 Å². The van der Waals surface area contributed by atoms with Gasteiger partial charge >= 0.3 is 0 Å². The number of carbonyl (C=O) groups excluding carboxylic acids is 1. The van der Waals surface area contributed by atoms with Crippen LogP contribution in [0.4, 0.5) is 11.5 Å². The molecule has 3 rings (SSSR count). The van der Waals surface area contributed by atoms with Crippen LogP contribution in [-0.2, 0) is 13.1 Å². The van der Waals surface area contributed by atoms with Gasteiger partial charge in [-0.05, 0) is 26.0 Å². The molecule has 1 amide bonds. The lowest BCUT2D eigenvalue weighted by Crippen LogP contribution is -2.16. The smallest absolute Gasteiger partial charge is 0.261 e. The predicted molar refractivity (Wildman–Crippen MR) is 99.5 cm³/mol. The zero-order chi connectivity index (χ0) is 18.5. The number of para-hydroxylation sites is 2. The molecule has 3 aromatic rings. The molecular weight excluding hydrogens is 332 g/mol. The SMILES string of the molecule is CCn1ccnc1CNc1n[nH]c(C)c1C(=O)Nc1ccccc1OC. The maximum absolute atomic E-state index is 12.8. The highest BCUT2D eigenvalue weighted by atomic mass is 16.5. The van der Waals surface area contributed by atoms with Gasteiger partial charge in [0.1, 0.15) is 17.1 Å². The number of methoxy groups -OCH3 is 1. The predicted octanol–water partition coefficient (Wildman–Crippen LogP) is 2.81. The van der Waals surface area contributed by atoms with Crippen LogP contribution in [0, 0.1) is 6.92 Å². The molecule has 0 saturated carbocycles. The van der Waals surface area contributed by atoms with E-state index in [-0.39, 0.29) is 5.91 Å². The number of rotatable bonds is 7. The summed E-state index contributed by atoms with van der Waals surface area (Å²) >= 11 is 0. The second kappa shape index (κ2) is 7.73. The van der Waals surface area contributed by atoms with E-state index in [1.807, 2.05) is 29.8 Å². The fourth-order valence-corrected chi connectivity index (χ4v) is 2.73. The Morgan fingerprint density at radius 2 is 2.15 bits per heavy atom. The lowest BCUT2D eigenvalue weighted by atomic mass is 10.2. The van der Waals surface area contributed by atoms with Gasteiger partial charge in [0, 0.05) is 24.6 Å².